The molecule has 8 nitrogen and oxygen atoms in total. The molecule has 1 unspecified atom stereocenters. The maximum atomic E-state index is 13.8. The Kier molecular flexibility index (Phi) is 12.1. The number of amides is 3. The first-order chi connectivity index (χ1) is 20.3. The zero-order valence-corrected chi connectivity index (χ0v) is 25.4. The SMILES string of the molecule is CN(C(=O)NCc1cccc(F)c1Cl)[C@@H](CCC(=O)C1CCCNCC1)COC(=O)NC1=CCCc2ccccc2S1. The van der Waals surface area contributed by atoms with Crippen molar-refractivity contribution in [1.29, 1.82) is 0 Å². The lowest BCUT2D eigenvalue weighted by Gasteiger charge is -2.28. The molecule has 2 heterocycles. The monoisotopic (exact) mass is 616 g/mol. The van der Waals surface area contributed by atoms with E-state index in [1.807, 2.05) is 24.3 Å². The predicted molar refractivity (Wildman–Crippen MR) is 163 cm³/mol. The number of Topliss-reactive ketones (excluding diaryl/α,β-unsaturated/α-hetero) is 1. The molecule has 0 aliphatic carbocycles. The summed E-state index contributed by atoms with van der Waals surface area (Å²) < 4.78 is 19.4. The number of carbonyl (C=O) groups is 3. The Balaban J connectivity index is 1.36. The van der Waals surface area contributed by atoms with E-state index in [1.165, 1.54) is 34.4 Å². The largest absolute Gasteiger partial charge is 0.447 e. The number of rotatable bonds is 10. The van der Waals surface area contributed by atoms with Crippen molar-refractivity contribution >= 4 is 41.3 Å². The number of benzene rings is 2. The first kappa shape index (κ1) is 31.8. The first-order valence-corrected chi connectivity index (χ1v) is 15.6. The lowest BCUT2D eigenvalue weighted by molar-refractivity contribution is -0.123. The van der Waals surface area contributed by atoms with Crippen LogP contribution in [0.1, 0.15) is 49.7 Å². The molecule has 2 atom stereocenters. The molecule has 4 rings (SSSR count). The van der Waals surface area contributed by atoms with Gasteiger partial charge in [-0.25, -0.2) is 14.0 Å². The molecule has 3 N–H and O–H groups in total. The van der Waals surface area contributed by atoms with E-state index in [-0.39, 0.29) is 36.3 Å². The van der Waals surface area contributed by atoms with Crippen molar-refractivity contribution in [3.8, 4) is 0 Å². The van der Waals surface area contributed by atoms with Crippen molar-refractivity contribution in [2.75, 3.05) is 26.7 Å². The number of hydrogen-bond acceptors (Lipinski definition) is 6. The molecular weight excluding hydrogens is 579 g/mol. The second-order valence-corrected chi connectivity index (χ2v) is 12.0. The van der Waals surface area contributed by atoms with Crippen LogP contribution in [0.5, 0.6) is 0 Å². The normalized spacial score (nSPS) is 17.5. The fourth-order valence-electron chi connectivity index (χ4n) is 5.10. The van der Waals surface area contributed by atoms with Gasteiger partial charge in [0.2, 0.25) is 0 Å². The highest BCUT2D eigenvalue weighted by Gasteiger charge is 2.26. The second-order valence-electron chi connectivity index (χ2n) is 10.6. The molecule has 0 saturated carbocycles. The number of alkyl carbamates (subject to hydrolysis) is 1. The van der Waals surface area contributed by atoms with E-state index in [2.05, 4.69) is 22.0 Å². The van der Waals surface area contributed by atoms with E-state index in [9.17, 15) is 18.8 Å². The lowest BCUT2D eigenvalue weighted by Crippen LogP contribution is -2.46. The quantitative estimate of drug-likeness (QED) is 0.301. The van der Waals surface area contributed by atoms with E-state index in [0.717, 1.165) is 50.1 Å². The topological polar surface area (TPSA) is 99.8 Å². The van der Waals surface area contributed by atoms with Crippen LogP contribution in [0.25, 0.3) is 0 Å². The third-order valence-electron chi connectivity index (χ3n) is 7.65. The van der Waals surface area contributed by atoms with Gasteiger partial charge in [0.1, 0.15) is 18.2 Å². The van der Waals surface area contributed by atoms with Gasteiger partial charge < -0.3 is 20.3 Å². The van der Waals surface area contributed by atoms with Gasteiger partial charge in [-0.2, -0.15) is 0 Å². The predicted octanol–water partition coefficient (Wildman–Crippen LogP) is 6.03. The summed E-state index contributed by atoms with van der Waals surface area (Å²) in [5, 5.41) is 9.54. The van der Waals surface area contributed by atoms with Crippen molar-refractivity contribution < 1.29 is 23.5 Å². The van der Waals surface area contributed by atoms with Crippen molar-refractivity contribution in [3.05, 3.63) is 75.5 Å². The Hall–Kier alpha value is -3.08. The highest BCUT2D eigenvalue weighted by Crippen LogP contribution is 2.32. The van der Waals surface area contributed by atoms with Crippen LogP contribution in [-0.4, -0.2) is 55.6 Å². The summed E-state index contributed by atoms with van der Waals surface area (Å²) in [6.07, 6.45) is 6.22. The molecule has 1 saturated heterocycles. The minimum Gasteiger partial charge on any atom is -0.447 e. The smallest absolute Gasteiger partial charge is 0.412 e. The number of carbonyl (C=O) groups excluding carboxylic acids is 3. The molecule has 0 aromatic heterocycles. The lowest BCUT2D eigenvalue weighted by atomic mass is 9.92. The number of ketones is 1. The van der Waals surface area contributed by atoms with Crippen LogP contribution in [0.2, 0.25) is 5.02 Å². The zero-order valence-electron chi connectivity index (χ0n) is 23.8. The molecule has 2 aromatic rings. The molecule has 0 spiro atoms. The molecule has 0 radical (unpaired) electrons. The average Bonchev–Trinajstić information content (AvgIpc) is 3.38. The molecule has 3 amide bonds. The number of likely N-dealkylation sites (N-methyl/N-ethyl adjacent to an activating group) is 1. The number of aryl methyl sites for hydroxylation is 1. The average molecular weight is 617 g/mol. The molecule has 2 aliphatic heterocycles. The number of halogens is 2. The fraction of sp³-hybridized carbons (Fsp3) is 0.452. The Morgan fingerprint density at radius 2 is 2.00 bits per heavy atom. The van der Waals surface area contributed by atoms with Crippen molar-refractivity contribution in [3.63, 3.8) is 0 Å². The summed E-state index contributed by atoms with van der Waals surface area (Å²) in [6.45, 7) is 1.65. The van der Waals surface area contributed by atoms with Gasteiger partial charge in [0, 0.05) is 30.8 Å². The number of nitrogens with zero attached hydrogens (tertiary/aromatic N) is 1. The number of ether oxygens (including phenoxy) is 1. The number of urea groups is 1. The maximum Gasteiger partial charge on any atom is 0.412 e. The van der Waals surface area contributed by atoms with Gasteiger partial charge >= 0.3 is 12.1 Å². The van der Waals surface area contributed by atoms with Crippen LogP contribution < -0.4 is 16.0 Å². The summed E-state index contributed by atoms with van der Waals surface area (Å²) in [6, 6.07) is 11.5. The van der Waals surface area contributed by atoms with Crippen LogP contribution >= 0.6 is 23.4 Å². The second kappa shape index (κ2) is 16.0. The maximum absolute atomic E-state index is 13.8. The van der Waals surface area contributed by atoms with Gasteiger partial charge in [-0.05, 0) is 74.9 Å². The van der Waals surface area contributed by atoms with E-state index in [1.54, 1.807) is 13.1 Å². The molecular formula is C31H38ClFN4O4S. The van der Waals surface area contributed by atoms with Crippen LogP contribution in [0.15, 0.2) is 58.5 Å². The third-order valence-corrected chi connectivity index (χ3v) is 9.18. The molecule has 0 bridgehead atoms. The van der Waals surface area contributed by atoms with E-state index < -0.39 is 24.0 Å². The van der Waals surface area contributed by atoms with Crippen LogP contribution in [0, 0.1) is 11.7 Å². The summed E-state index contributed by atoms with van der Waals surface area (Å²) >= 11 is 7.52. The van der Waals surface area contributed by atoms with Crippen molar-refractivity contribution in [2.45, 2.75) is 62.4 Å². The number of nitrogens with one attached hydrogen (secondary N) is 3. The van der Waals surface area contributed by atoms with Crippen LogP contribution in [0.4, 0.5) is 14.0 Å². The highest BCUT2D eigenvalue weighted by molar-refractivity contribution is 8.03. The van der Waals surface area contributed by atoms with Gasteiger partial charge in [-0.3, -0.25) is 10.1 Å². The number of allylic oxidation sites excluding steroid dienone is 1. The summed E-state index contributed by atoms with van der Waals surface area (Å²) in [5.41, 5.74) is 1.67. The first-order valence-electron chi connectivity index (χ1n) is 14.4. The van der Waals surface area contributed by atoms with Gasteiger partial charge in [0.15, 0.2) is 0 Å². The van der Waals surface area contributed by atoms with Gasteiger partial charge in [0.05, 0.1) is 16.1 Å². The summed E-state index contributed by atoms with van der Waals surface area (Å²) in [4.78, 5) is 41.4. The number of hydrogen-bond donors (Lipinski definition) is 3. The summed E-state index contributed by atoms with van der Waals surface area (Å²) in [5.74, 6) is -0.417. The highest BCUT2D eigenvalue weighted by atomic mass is 35.5. The number of thioether (sulfide) groups is 1. The molecule has 2 aromatic carbocycles. The van der Waals surface area contributed by atoms with E-state index in [0.29, 0.717) is 17.0 Å². The fourth-order valence-corrected chi connectivity index (χ4v) is 6.32. The molecule has 2 aliphatic rings. The van der Waals surface area contributed by atoms with Crippen molar-refractivity contribution in [1.82, 2.24) is 20.9 Å². The van der Waals surface area contributed by atoms with E-state index >= 15 is 0 Å². The minimum absolute atomic E-state index is 0.0128. The standard InChI is InChI=1S/C31H38ClFN4O4S/c1-37(30(39)35-19-23-9-4-11-25(33)29(23)32)24(14-15-26(38)21-10-6-17-34-18-16-21)20-41-31(40)36-28-13-5-8-22-7-2-3-12-27(22)42-28/h2-4,7,9,11-13,21,24,34H,5-6,8,10,14-20H2,1H3,(H,35,39)(H,36,40)/t21?,24-/m0/s1. The molecule has 1 fully saturated rings. The van der Waals surface area contributed by atoms with Gasteiger partial charge in [0.25, 0.3) is 0 Å². The Morgan fingerprint density at radius 1 is 1.17 bits per heavy atom. The Labute approximate surface area is 255 Å². The third kappa shape index (κ3) is 9.21. The molecule has 42 heavy (non-hydrogen) atoms. The van der Waals surface area contributed by atoms with Crippen LogP contribution in [-0.2, 0) is 22.5 Å². The van der Waals surface area contributed by atoms with E-state index in [4.69, 9.17) is 16.3 Å². The minimum atomic E-state index is -0.625. The van der Waals surface area contributed by atoms with Crippen molar-refractivity contribution in [2.24, 2.45) is 5.92 Å². The van der Waals surface area contributed by atoms with Gasteiger partial charge in [-0.1, -0.05) is 59.8 Å². The van der Waals surface area contributed by atoms with Crippen LogP contribution in [0.3, 0.4) is 0 Å². The molecule has 226 valence electrons. The summed E-state index contributed by atoms with van der Waals surface area (Å²) in [7, 11) is 1.59. The zero-order chi connectivity index (χ0) is 29.9. The molecule has 11 heteroatoms. The van der Waals surface area contributed by atoms with Gasteiger partial charge in [-0.15, -0.1) is 0 Å². The Bertz CT molecular complexity index is 1290. The Morgan fingerprint density at radius 3 is 2.86 bits per heavy atom. The number of fused-ring (bicyclic) bond motifs is 1.